The second kappa shape index (κ2) is 8.78. The van der Waals surface area contributed by atoms with Crippen LogP contribution in [0.2, 0.25) is 0 Å². The van der Waals surface area contributed by atoms with Crippen molar-refractivity contribution in [3.63, 3.8) is 0 Å². The van der Waals surface area contributed by atoms with Gasteiger partial charge in [-0.3, -0.25) is 14.1 Å². The highest BCUT2D eigenvalue weighted by atomic mass is 31.2. The lowest BCUT2D eigenvalue weighted by atomic mass is 9.95. The molecule has 0 spiro atoms. The van der Waals surface area contributed by atoms with Crippen LogP contribution in [-0.2, 0) is 37.2 Å². The number of carbonyl (C=O) groups is 2. The first kappa shape index (κ1) is 22.1. The molecular formula is C14H27O8P. The van der Waals surface area contributed by atoms with Gasteiger partial charge >= 0.3 is 19.8 Å². The van der Waals surface area contributed by atoms with Crippen LogP contribution >= 0.6 is 7.82 Å². The van der Waals surface area contributed by atoms with Gasteiger partial charge in [0.25, 0.3) is 0 Å². The van der Waals surface area contributed by atoms with Crippen molar-refractivity contribution in [3.05, 3.63) is 0 Å². The van der Waals surface area contributed by atoms with Gasteiger partial charge < -0.3 is 9.47 Å². The molecule has 0 N–H and O–H groups in total. The second-order valence-electron chi connectivity index (χ2n) is 5.86. The van der Waals surface area contributed by atoms with Crippen molar-refractivity contribution in [1.29, 1.82) is 0 Å². The van der Waals surface area contributed by atoms with E-state index >= 15 is 0 Å². The smallest absolute Gasteiger partial charge is 0.436 e. The lowest BCUT2D eigenvalue weighted by Gasteiger charge is -2.34. The van der Waals surface area contributed by atoms with Gasteiger partial charge in [0.15, 0.2) is 0 Å². The summed E-state index contributed by atoms with van der Waals surface area (Å²) in [5, 5.41) is 0. The van der Waals surface area contributed by atoms with E-state index in [1.807, 2.05) is 13.8 Å². The van der Waals surface area contributed by atoms with E-state index in [1.165, 1.54) is 27.7 Å². The molecule has 0 aliphatic heterocycles. The first-order valence-corrected chi connectivity index (χ1v) is 8.75. The largest absolute Gasteiger partial charge is 0.481 e. The molecule has 0 aliphatic carbocycles. The minimum Gasteiger partial charge on any atom is -0.436 e. The summed E-state index contributed by atoms with van der Waals surface area (Å²) in [6.45, 7) is 12.3. The van der Waals surface area contributed by atoms with Crippen molar-refractivity contribution in [3.8, 4) is 0 Å². The molecular weight excluding hydrogens is 327 g/mol. The molecule has 9 heteroatoms. The summed E-state index contributed by atoms with van der Waals surface area (Å²) in [6, 6.07) is 0. The number of ether oxygens (including phenoxy) is 2. The highest BCUT2D eigenvalue weighted by molar-refractivity contribution is 7.48. The van der Waals surface area contributed by atoms with E-state index in [2.05, 4.69) is 0 Å². The monoisotopic (exact) mass is 354 g/mol. The van der Waals surface area contributed by atoms with E-state index < -0.39 is 37.9 Å². The van der Waals surface area contributed by atoms with Crippen molar-refractivity contribution < 1.29 is 37.2 Å². The molecule has 0 fully saturated rings. The van der Waals surface area contributed by atoms with E-state index in [-0.39, 0.29) is 5.92 Å². The summed E-state index contributed by atoms with van der Waals surface area (Å²) in [4.78, 5) is 21.9. The van der Waals surface area contributed by atoms with Crippen LogP contribution in [-0.4, -0.2) is 30.1 Å². The fourth-order valence-electron chi connectivity index (χ4n) is 1.34. The Hall–Kier alpha value is -0.950. The van der Waals surface area contributed by atoms with E-state index in [4.69, 9.17) is 23.0 Å². The van der Waals surface area contributed by atoms with Gasteiger partial charge in [-0.1, -0.05) is 13.8 Å². The lowest BCUT2D eigenvalue weighted by Crippen LogP contribution is -2.32. The first-order chi connectivity index (χ1) is 10.3. The first-order valence-electron chi connectivity index (χ1n) is 7.29. The predicted molar refractivity (Wildman–Crippen MR) is 82.2 cm³/mol. The van der Waals surface area contributed by atoms with Gasteiger partial charge in [-0.15, -0.1) is 0 Å². The summed E-state index contributed by atoms with van der Waals surface area (Å²) in [5.74, 6) is -1.24. The third-order valence-electron chi connectivity index (χ3n) is 2.96. The van der Waals surface area contributed by atoms with Crippen LogP contribution in [0.25, 0.3) is 0 Å². The average molecular weight is 354 g/mol. The van der Waals surface area contributed by atoms with Crippen molar-refractivity contribution in [2.75, 3.05) is 0 Å². The molecule has 8 nitrogen and oxygen atoms in total. The number of hydrogen-bond donors (Lipinski definition) is 0. The number of esters is 2. The van der Waals surface area contributed by atoms with Gasteiger partial charge in [-0.05, 0) is 33.6 Å². The standard InChI is InChI=1S/C14H27O8P/c1-9(2)14(7,8)22-23(17,20-12(5)18-10(3)15)21-13(6)19-11(4)16/h9,12-13H,1-8H3. The summed E-state index contributed by atoms with van der Waals surface area (Å²) in [6.07, 6.45) is -2.32. The van der Waals surface area contributed by atoms with Crippen LogP contribution in [0.15, 0.2) is 0 Å². The molecule has 23 heavy (non-hydrogen) atoms. The summed E-state index contributed by atoms with van der Waals surface area (Å²) < 4.78 is 38.3. The SMILES string of the molecule is CC(=O)OC(C)OP(=O)(OC(C)OC(C)=O)OC(C)(C)C(C)C. The predicted octanol–water partition coefficient (Wildman–Crippen LogP) is 3.40. The summed E-state index contributed by atoms with van der Waals surface area (Å²) >= 11 is 0. The Morgan fingerprint density at radius 3 is 1.48 bits per heavy atom. The van der Waals surface area contributed by atoms with Gasteiger partial charge in [0.1, 0.15) is 0 Å². The zero-order chi connectivity index (χ0) is 18.4. The molecule has 0 aliphatic rings. The van der Waals surface area contributed by atoms with Gasteiger partial charge in [-0.25, -0.2) is 13.6 Å². The maximum atomic E-state index is 12.9. The molecule has 0 saturated carbocycles. The molecule has 0 heterocycles. The van der Waals surface area contributed by atoms with Crippen LogP contribution in [0, 0.1) is 5.92 Å². The number of phosphoric acid groups is 1. The zero-order valence-corrected chi connectivity index (χ0v) is 15.8. The minimum absolute atomic E-state index is 0.0175. The Balaban J connectivity index is 5.22. The van der Waals surface area contributed by atoms with Crippen LogP contribution < -0.4 is 0 Å². The van der Waals surface area contributed by atoms with Crippen LogP contribution in [0.3, 0.4) is 0 Å². The Morgan fingerprint density at radius 1 is 0.870 bits per heavy atom. The molecule has 0 bridgehead atoms. The highest BCUT2D eigenvalue weighted by Crippen LogP contribution is 2.55. The van der Waals surface area contributed by atoms with Crippen molar-refractivity contribution >= 4 is 19.8 Å². The summed E-state index contributed by atoms with van der Waals surface area (Å²) in [5.41, 5.74) is -0.860. The lowest BCUT2D eigenvalue weighted by molar-refractivity contribution is -0.170. The maximum absolute atomic E-state index is 12.9. The Bertz CT molecular complexity index is 432. The molecule has 0 saturated heterocycles. The fraction of sp³-hybridized carbons (Fsp3) is 0.857. The summed E-state index contributed by atoms with van der Waals surface area (Å²) in [7, 11) is -4.17. The quantitative estimate of drug-likeness (QED) is 0.353. The molecule has 0 aromatic carbocycles. The highest BCUT2D eigenvalue weighted by Gasteiger charge is 2.41. The fourth-order valence-corrected chi connectivity index (χ4v) is 3.07. The maximum Gasteiger partial charge on any atom is 0.481 e. The molecule has 2 unspecified atom stereocenters. The van der Waals surface area contributed by atoms with Gasteiger partial charge in [0, 0.05) is 13.8 Å². The number of phosphoric ester groups is 1. The van der Waals surface area contributed by atoms with E-state index in [9.17, 15) is 14.2 Å². The molecule has 2 atom stereocenters. The van der Waals surface area contributed by atoms with Gasteiger partial charge in [0.05, 0.1) is 5.60 Å². The van der Waals surface area contributed by atoms with Crippen molar-refractivity contribution in [1.82, 2.24) is 0 Å². The molecule has 0 aromatic heterocycles. The number of rotatable bonds is 9. The van der Waals surface area contributed by atoms with Crippen molar-refractivity contribution in [2.45, 2.75) is 73.6 Å². The van der Waals surface area contributed by atoms with Gasteiger partial charge in [0.2, 0.25) is 12.6 Å². The van der Waals surface area contributed by atoms with Crippen molar-refractivity contribution in [2.24, 2.45) is 5.92 Å². The third kappa shape index (κ3) is 9.05. The number of carbonyl (C=O) groups excluding carboxylic acids is 2. The van der Waals surface area contributed by atoms with Gasteiger partial charge in [-0.2, -0.15) is 0 Å². The van der Waals surface area contributed by atoms with Crippen LogP contribution in [0.4, 0.5) is 0 Å². The van der Waals surface area contributed by atoms with E-state index in [1.54, 1.807) is 13.8 Å². The second-order valence-corrected chi connectivity index (χ2v) is 7.36. The molecule has 0 amide bonds. The zero-order valence-electron chi connectivity index (χ0n) is 14.9. The minimum atomic E-state index is -4.17. The normalized spacial score (nSPS) is 17.3. The molecule has 0 rings (SSSR count). The van der Waals surface area contributed by atoms with Crippen LogP contribution in [0.5, 0.6) is 0 Å². The number of hydrogen-bond acceptors (Lipinski definition) is 8. The van der Waals surface area contributed by atoms with E-state index in [0.717, 1.165) is 0 Å². The van der Waals surface area contributed by atoms with Crippen LogP contribution in [0.1, 0.15) is 55.4 Å². The molecule has 136 valence electrons. The Labute approximate surface area is 137 Å². The topological polar surface area (TPSA) is 97.4 Å². The third-order valence-corrected chi connectivity index (χ3v) is 4.76. The Morgan fingerprint density at radius 2 is 1.22 bits per heavy atom. The Kier molecular flexibility index (Phi) is 8.41. The molecule has 0 radical (unpaired) electrons. The molecule has 0 aromatic rings. The average Bonchev–Trinajstić information content (AvgIpc) is 2.22. The van der Waals surface area contributed by atoms with E-state index in [0.29, 0.717) is 0 Å².